The van der Waals surface area contributed by atoms with Crippen LogP contribution in [-0.4, -0.2) is 42.6 Å². The van der Waals surface area contributed by atoms with Crippen LogP contribution in [0, 0.1) is 0 Å². The Labute approximate surface area is 99.7 Å². The average Bonchev–Trinajstić information content (AvgIpc) is 2.82. The monoisotopic (exact) mass is 242 g/mol. The minimum atomic E-state index is 0.467. The number of nitrogen functional groups attached to an aromatic ring is 1. The molecule has 5 nitrogen and oxygen atoms in total. The Bertz CT molecular complexity index is 355. The van der Waals surface area contributed by atoms with Gasteiger partial charge in [-0.1, -0.05) is 0 Å². The molecular weight excluding hydrogens is 224 g/mol. The Morgan fingerprint density at radius 3 is 3.12 bits per heavy atom. The van der Waals surface area contributed by atoms with Gasteiger partial charge in [-0.15, -0.1) is 0 Å². The zero-order valence-corrected chi connectivity index (χ0v) is 10.5. The molecule has 1 aromatic rings. The molecule has 16 heavy (non-hydrogen) atoms. The summed E-state index contributed by atoms with van der Waals surface area (Å²) >= 11 is 1.36. The molecule has 2 rings (SSSR count). The topological polar surface area (TPSA) is 63.4 Å². The Hall–Kier alpha value is -1.01. The molecule has 1 aliphatic heterocycles. The van der Waals surface area contributed by atoms with E-state index in [1.54, 1.807) is 7.11 Å². The van der Waals surface area contributed by atoms with Crippen LogP contribution in [0.4, 0.5) is 10.8 Å². The zero-order valence-electron chi connectivity index (χ0n) is 9.69. The van der Waals surface area contributed by atoms with Crippen molar-refractivity contribution >= 4 is 22.4 Å². The molecule has 1 saturated heterocycles. The summed E-state index contributed by atoms with van der Waals surface area (Å²) in [5, 5.41) is 4.30. The third-order valence-electron chi connectivity index (χ3n) is 3.05. The minimum absolute atomic E-state index is 0.467. The highest BCUT2D eigenvalue weighted by atomic mass is 32.1. The molecule has 0 aromatic carbocycles. The Balaban J connectivity index is 1.94. The van der Waals surface area contributed by atoms with Crippen LogP contribution < -0.4 is 15.8 Å². The number of ether oxygens (including phenoxy) is 1. The highest BCUT2D eigenvalue weighted by molar-refractivity contribution is 7.11. The highest BCUT2D eigenvalue weighted by Crippen LogP contribution is 2.34. The lowest BCUT2D eigenvalue weighted by atomic mass is 10.2. The van der Waals surface area contributed by atoms with Gasteiger partial charge < -0.3 is 20.7 Å². The molecule has 1 atom stereocenters. The number of nitrogens with two attached hydrogens (primary N) is 1. The van der Waals surface area contributed by atoms with Crippen LogP contribution in [0.3, 0.4) is 0 Å². The summed E-state index contributed by atoms with van der Waals surface area (Å²) < 4.78 is 9.27. The Kier molecular flexibility index (Phi) is 3.50. The largest absolute Gasteiger partial charge is 0.490 e. The second-order valence-electron chi connectivity index (χ2n) is 4.09. The van der Waals surface area contributed by atoms with Gasteiger partial charge in [-0.2, -0.15) is 4.37 Å². The summed E-state index contributed by atoms with van der Waals surface area (Å²) in [6, 6.07) is 0.605. The maximum atomic E-state index is 5.69. The van der Waals surface area contributed by atoms with Gasteiger partial charge in [0.25, 0.3) is 0 Å². The molecule has 1 unspecified atom stereocenters. The van der Waals surface area contributed by atoms with Gasteiger partial charge in [0, 0.05) is 12.6 Å². The van der Waals surface area contributed by atoms with Crippen molar-refractivity contribution in [3.05, 3.63) is 0 Å². The quantitative estimate of drug-likeness (QED) is 0.831. The molecule has 3 N–H and O–H groups in total. The molecule has 1 aliphatic rings. The Morgan fingerprint density at radius 1 is 1.69 bits per heavy atom. The summed E-state index contributed by atoms with van der Waals surface area (Å²) in [5.74, 6) is 1.14. The lowest BCUT2D eigenvalue weighted by molar-refractivity contribution is 0.322. The van der Waals surface area contributed by atoms with E-state index in [1.807, 2.05) is 0 Å². The van der Waals surface area contributed by atoms with E-state index in [2.05, 4.69) is 21.6 Å². The summed E-state index contributed by atoms with van der Waals surface area (Å²) in [4.78, 5) is 2.38. The van der Waals surface area contributed by atoms with Crippen molar-refractivity contribution in [2.45, 2.75) is 18.9 Å². The van der Waals surface area contributed by atoms with Crippen LogP contribution in [0.25, 0.3) is 0 Å². The summed E-state index contributed by atoms with van der Waals surface area (Å²) in [6.45, 7) is 2.11. The SMILES string of the molecule is COc1c(N)nsc1NCC1CCCN1C. The number of aromatic nitrogens is 1. The second kappa shape index (κ2) is 4.88. The Morgan fingerprint density at radius 2 is 2.50 bits per heavy atom. The number of anilines is 2. The first-order valence-electron chi connectivity index (χ1n) is 5.45. The number of methoxy groups -OCH3 is 1. The fourth-order valence-electron chi connectivity index (χ4n) is 2.05. The van der Waals surface area contributed by atoms with E-state index in [0.29, 0.717) is 17.6 Å². The average molecular weight is 242 g/mol. The van der Waals surface area contributed by atoms with E-state index in [4.69, 9.17) is 10.5 Å². The predicted octanol–water partition coefficient (Wildman–Crippen LogP) is 1.24. The molecular formula is C10H18N4OS. The van der Waals surface area contributed by atoms with E-state index in [-0.39, 0.29) is 0 Å². The molecule has 0 bridgehead atoms. The first-order valence-corrected chi connectivity index (χ1v) is 6.23. The van der Waals surface area contributed by atoms with Crippen LogP contribution in [0.2, 0.25) is 0 Å². The smallest absolute Gasteiger partial charge is 0.197 e. The number of rotatable bonds is 4. The maximum absolute atomic E-state index is 5.69. The van der Waals surface area contributed by atoms with E-state index >= 15 is 0 Å². The normalized spacial score (nSPS) is 21.2. The van der Waals surface area contributed by atoms with Crippen LogP contribution >= 0.6 is 11.5 Å². The van der Waals surface area contributed by atoms with Crippen LogP contribution in [0.15, 0.2) is 0 Å². The molecule has 90 valence electrons. The van der Waals surface area contributed by atoms with Crippen molar-refractivity contribution in [2.24, 2.45) is 0 Å². The van der Waals surface area contributed by atoms with Crippen molar-refractivity contribution in [3.8, 4) is 5.75 Å². The van der Waals surface area contributed by atoms with Gasteiger partial charge in [0.05, 0.1) is 7.11 Å². The van der Waals surface area contributed by atoms with Gasteiger partial charge in [0.15, 0.2) is 16.6 Å². The molecule has 0 aliphatic carbocycles. The van der Waals surface area contributed by atoms with Crippen molar-refractivity contribution in [2.75, 3.05) is 38.3 Å². The van der Waals surface area contributed by atoms with Gasteiger partial charge in [-0.3, -0.25) is 0 Å². The van der Waals surface area contributed by atoms with Gasteiger partial charge >= 0.3 is 0 Å². The maximum Gasteiger partial charge on any atom is 0.197 e. The fourth-order valence-corrected chi connectivity index (χ4v) is 2.74. The van der Waals surface area contributed by atoms with E-state index in [1.165, 1.54) is 30.9 Å². The van der Waals surface area contributed by atoms with Crippen molar-refractivity contribution in [3.63, 3.8) is 0 Å². The number of likely N-dealkylation sites (tertiary alicyclic amines) is 1. The van der Waals surface area contributed by atoms with Gasteiger partial charge in [0.1, 0.15) is 0 Å². The second-order valence-corrected chi connectivity index (χ2v) is 4.86. The highest BCUT2D eigenvalue weighted by Gasteiger charge is 2.21. The first kappa shape index (κ1) is 11.5. The number of nitrogens with zero attached hydrogens (tertiary/aromatic N) is 2. The van der Waals surface area contributed by atoms with Crippen molar-refractivity contribution in [1.29, 1.82) is 0 Å². The van der Waals surface area contributed by atoms with E-state index in [9.17, 15) is 0 Å². The van der Waals surface area contributed by atoms with Crippen LogP contribution in [0.5, 0.6) is 5.75 Å². The minimum Gasteiger partial charge on any atom is -0.490 e. The standard InChI is InChI=1S/C10H18N4OS/c1-14-5-3-4-7(14)6-12-10-8(15-2)9(11)13-16-10/h7,12H,3-6H2,1-2H3,(H2,11,13). The molecule has 0 radical (unpaired) electrons. The summed E-state index contributed by atoms with van der Waals surface area (Å²) in [6.07, 6.45) is 2.53. The third-order valence-corrected chi connectivity index (χ3v) is 3.85. The molecule has 1 fully saturated rings. The molecule has 0 saturated carbocycles. The van der Waals surface area contributed by atoms with Gasteiger partial charge in [0.2, 0.25) is 0 Å². The zero-order chi connectivity index (χ0) is 11.5. The van der Waals surface area contributed by atoms with Crippen molar-refractivity contribution in [1.82, 2.24) is 9.27 Å². The van der Waals surface area contributed by atoms with E-state index < -0.39 is 0 Å². The summed E-state index contributed by atoms with van der Waals surface area (Å²) in [5.41, 5.74) is 5.69. The lowest BCUT2D eigenvalue weighted by Crippen LogP contribution is -2.31. The van der Waals surface area contributed by atoms with Crippen molar-refractivity contribution < 1.29 is 4.74 Å². The summed E-state index contributed by atoms with van der Waals surface area (Å²) in [7, 11) is 3.78. The number of likely N-dealkylation sites (N-methyl/N-ethyl adjacent to an activating group) is 1. The molecule has 6 heteroatoms. The molecule has 1 aromatic heterocycles. The van der Waals surface area contributed by atoms with Gasteiger partial charge in [-0.25, -0.2) is 0 Å². The van der Waals surface area contributed by atoms with Crippen LogP contribution in [-0.2, 0) is 0 Å². The van der Waals surface area contributed by atoms with Gasteiger partial charge in [-0.05, 0) is 38.0 Å². The molecule has 0 amide bonds. The molecule has 2 heterocycles. The fraction of sp³-hybridized carbons (Fsp3) is 0.700. The van der Waals surface area contributed by atoms with E-state index in [0.717, 1.165) is 11.5 Å². The number of nitrogens with one attached hydrogen (secondary N) is 1. The number of hydrogen-bond acceptors (Lipinski definition) is 6. The van der Waals surface area contributed by atoms with Crippen LogP contribution in [0.1, 0.15) is 12.8 Å². The molecule has 0 spiro atoms. The first-order chi connectivity index (χ1) is 7.72. The predicted molar refractivity (Wildman–Crippen MR) is 67.2 cm³/mol. The lowest BCUT2D eigenvalue weighted by Gasteiger charge is -2.19. The number of hydrogen-bond donors (Lipinski definition) is 2. The third kappa shape index (κ3) is 2.22.